The first-order valence-corrected chi connectivity index (χ1v) is 8.92. The van der Waals surface area contributed by atoms with E-state index in [1.54, 1.807) is 30.2 Å². The zero-order valence-electron chi connectivity index (χ0n) is 15.4. The maximum absolute atomic E-state index is 11.4. The van der Waals surface area contributed by atoms with Gasteiger partial charge in [0.1, 0.15) is 5.69 Å². The molecule has 3 aromatic heterocycles. The fraction of sp³-hybridized carbons (Fsp3) is 0.143. The van der Waals surface area contributed by atoms with Gasteiger partial charge in [-0.25, -0.2) is 0 Å². The van der Waals surface area contributed by atoms with Crippen LogP contribution in [0.1, 0.15) is 5.69 Å². The van der Waals surface area contributed by atoms with Crippen LogP contribution in [0.15, 0.2) is 72.0 Å². The molecule has 140 valence electrons. The largest absolute Gasteiger partial charge is 0.503 e. The van der Waals surface area contributed by atoms with Crippen LogP contribution in [0.4, 0.5) is 0 Å². The third kappa shape index (κ3) is 3.55. The zero-order valence-corrected chi connectivity index (χ0v) is 15.4. The molecule has 0 saturated carbocycles. The first-order valence-electron chi connectivity index (χ1n) is 8.92. The fourth-order valence-corrected chi connectivity index (χ4v) is 3.03. The number of pyridine rings is 2. The van der Waals surface area contributed by atoms with Crippen molar-refractivity contribution < 1.29 is 5.11 Å². The van der Waals surface area contributed by atoms with Gasteiger partial charge in [-0.05, 0) is 30.2 Å². The van der Waals surface area contributed by atoms with Gasteiger partial charge in [0.25, 0.3) is 0 Å². The quantitative estimate of drug-likeness (QED) is 0.581. The topological polar surface area (TPSA) is 85.8 Å². The van der Waals surface area contributed by atoms with Crippen LogP contribution in [0, 0.1) is 6.92 Å². The average molecular weight is 373 g/mol. The molecule has 0 bridgehead atoms. The van der Waals surface area contributed by atoms with Gasteiger partial charge in [-0.15, -0.1) is 5.10 Å². The van der Waals surface area contributed by atoms with E-state index in [1.807, 2.05) is 35.0 Å². The predicted molar refractivity (Wildman–Crippen MR) is 106 cm³/mol. The first kappa shape index (κ1) is 17.7. The molecule has 28 heavy (non-hydrogen) atoms. The molecule has 0 radical (unpaired) electrons. The summed E-state index contributed by atoms with van der Waals surface area (Å²) in [4.78, 5) is 15.5. The average Bonchev–Trinajstić information content (AvgIpc) is 3.21. The van der Waals surface area contributed by atoms with Crippen LogP contribution in [0.2, 0.25) is 0 Å². The molecule has 0 unspecified atom stereocenters. The van der Waals surface area contributed by atoms with Gasteiger partial charge < -0.3 is 9.67 Å². The van der Waals surface area contributed by atoms with Gasteiger partial charge >= 0.3 is 0 Å². The molecule has 4 rings (SSSR count). The lowest BCUT2D eigenvalue weighted by molar-refractivity contribution is 0.444. The SMILES string of the molecule is Cc1c(O)c(=O)ccn1CCn1cc(-c2ccc(-c3ccncc3)cc2)nn1. The van der Waals surface area contributed by atoms with Gasteiger partial charge in [0.15, 0.2) is 5.75 Å². The molecule has 3 heterocycles. The summed E-state index contributed by atoms with van der Waals surface area (Å²) in [5, 5.41) is 18.2. The smallest absolute Gasteiger partial charge is 0.223 e. The van der Waals surface area contributed by atoms with E-state index < -0.39 is 0 Å². The minimum absolute atomic E-state index is 0.212. The number of rotatable bonds is 5. The second kappa shape index (κ2) is 7.48. The molecular weight excluding hydrogens is 354 g/mol. The Bertz CT molecular complexity index is 1150. The zero-order chi connectivity index (χ0) is 19.5. The van der Waals surface area contributed by atoms with Crippen molar-refractivity contribution in [3.05, 3.63) is 83.2 Å². The van der Waals surface area contributed by atoms with Crippen LogP contribution in [0.25, 0.3) is 22.4 Å². The Morgan fingerprint density at radius 1 is 0.929 bits per heavy atom. The van der Waals surface area contributed by atoms with Crippen LogP contribution in [0.3, 0.4) is 0 Å². The van der Waals surface area contributed by atoms with E-state index in [0.29, 0.717) is 18.8 Å². The van der Waals surface area contributed by atoms with Crippen molar-refractivity contribution in [2.75, 3.05) is 0 Å². The highest BCUT2D eigenvalue weighted by Gasteiger charge is 2.07. The Kier molecular flexibility index (Phi) is 4.72. The summed E-state index contributed by atoms with van der Waals surface area (Å²) in [5.41, 5.74) is 4.19. The number of aryl methyl sites for hydroxylation is 2. The Balaban J connectivity index is 1.47. The molecule has 1 N–H and O–H groups in total. The predicted octanol–water partition coefficient (Wildman–Crippen LogP) is 2.88. The van der Waals surface area contributed by atoms with Crippen molar-refractivity contribution in [3.63, 3.8) is 0 Å². The molecule has 0 aliphatic heterocycles. The van der Waals surface area contributed by atoms with Gasteiger partial charge in [0.2, 0.25) is 5.43 Å². The maximum Gasteiger partial charge on any atom is 0.223 e. The molecule has 4 aromatic rings. The highest BCUT2D eigenvalue weighted by atomic mass is 16.3. The summed E-state index contributed by atoms with van der Waals surface area (Å²) in [5.74, 6) is -0.212. The van der Waals surface area contributed by atoms with Gasteiger partial charge in [0.05, 0.1) is 18.4 Å². The first-order chi connectivity index (χ1) is 13.6. The number of aromatic nitrogens is 5. The van der Waals surface area contributed by atoms with Crippen LogP contribution in [-0.4, -0.2) is 29.7 Å². The van der Waals surface area contributed by atoms with E-state index in [-0.39, 0.29) is 11.2 Å². The van der Waals surface area contributed by atoms with E-state index in [2.05, 4.69) is 27.4 Å². The summed E-state index contributed by atoms with van der Waals surface area (Å²) in [6.45, 7) is 2.86. The Labute approximate surface area is 161 Å². The molecule has 0 atom stereocenters. The molecule has 1 aromatic carbocycles. The fourth-order valence-electron chi connectivity index (χ4n) is 3.03. The second-order valence-electron chi connectivity index (χ2n) is 6.49. The molecule has 0 aliphatic carbocycles. The van der Waals surface area contributed by atoms with Crippen LogP contribution in [0.5, 0.6) is 5.75 Å². The van der Waals surface area contributed by atoms with Gasteiger partial charge in [-0.1, -0.05) is 29.5 Å². The monoisotopic (exact) mass is 373 g/mol. The second-order valence-corrected chi connectivity index (χ2v) is 6.49. The van der Waals surface area contributed by atoms with E-state index in [4.69, 9.17) is 0 Å². The molecular formula is C21H19N5O2. The van der Waals surface area contributed by atoms with Crippen molar-refractivity contribution in [2.45, 2.75) is 20.0 Å². The van der Waals surface area contributed by atoms with Gasteiger partial charge in [-0.3, -0.25) is 14.5 Å². The van der Waals surface area contributed by atoms with Crippen molar-refractivity contribution >= 4 is 0 Å². The maximum atomic E-state index is 11.4. The number of nitrogens with zero attached hydrogens (tertiary/aromatic N) is 5. The van der Waals surface area contributed by atoms with Crippen molar-refractivity contribution in [1.82, 2.24) is 24.5 Å². The molecule has 0 spiro atoms. The minimum atomic E-state index is -0.369. The molecule has 0 aliphatic rings. The number of hydrogen-bond donors (Lipinski definition) is 1. The summed E-state index contributed by atoms with van der Waals surface area (Å²) in [7, 11) is 0. The van der Waals surface area contributed by atoms with E-state index in [0.717, 1.165) is 22.4 Å². The molecule has 7 nitrogen and oxygen atoms in total. The van der Waals surface area contributed by atoms with Crippen molar-refractivity contribution in [3.8, 4) is 28.1 Å². The van der Waals surface area contributed by atoms with Crippen LogP contribution in [-0.2, 0) is 13.1 Å². The third-order valence-electron chi connectivity index (χ3n) is 4.72. The molecule has 0 saturated heterocycles. The highest BCUT2D eigenvalue weighted by molar-refractivity contribution is 5.68. The lowest BCUT2D eigenvalue weighted by Crippen LogP contribution is -2.14. The van der Waals surface area contributed by atoms with Crippen LogP contribution >= 0.6 is 0 Å². The lowest BCUT2D eigenvalue weighted by atomic mass is 10.0. The summed E-state index contributed by atoms with van der Waals surface area (Å²) in [6.07, 6.45) is 7.12. The van der Waals surface area contributed by atoms with E-state index >= 15 is 0 Å². The summed E-state index contributed by atoms with van der Waals surface area (Å²) < 4.78 is 3.57. The summed E-state index contributed by atoms with van der Waals surface area (Å²) >= 11 is 0. The third-order valence-corrected chi connectivity index (χ3v) is 4.72. The number of hydrogen-bond acceptors (Lipinski definition) is 5. The van der Waals surface area contributed by atoms with Gasteiger partial charge in [0, 0.05) is 36.8 Å². The van der Waals surface area contributed by atoms with Gasteiger partial charge in [-0.2, -0.15) is 0 Å². The standard InChI is InChI=1S/C21H19N5O2/c1-15-21(28)20(27)8-11-25(15)12-13-26-14-19(23-24-26)18-4-2-16(3-5-18)17-6-9-22-10-7-17/h2-11,14,28H,12-13H2,1H3. The number of aromatic hydroxyl groups is 1. The van der Waals surface area contributed by atoms with Crippen molar-refractivity contribution in [2.24, 2.45) is 0 Å². The minimum Gasteiger partial charge on any atom is -0.503 e. The van der Waals surface area contributed by atoms with E-state index in [1.165, 1.54) is 6.07 Å². The Morgan fingerprint density at radius 2 is 1.61 bits per heavy atom. The summed E-state index contributed by atoms with van der Waals surface area (Å²) in [6, 6.07) is 13.5. The van der Waals surface area contributed by atoms with E-state index in [9.17, 15) is 9.90 Å². The Morgan fingerprint density at radius 3 is 2.36 bits per heavy atom. The highest BCUT2D eigenvalue weighted by Crippen LogP contribution is 2.23. The number of benzene rings is 1. The van der Waals surface area contributed by atoms with Crippen molar-refractivity contribution in [1.29, 1.82) is 0 Å². The molecule has 7 heteroatoms. The molecule has 0 amide bonds. The van der Waals surface area contributed by atoms with Crippen LogP contribution < -0.4 is 5.43 Å². The Hall–Kier alpha value is -3.74. The lowest BCUT2D eigenvalue weighted by Gasteiger charge is -2.10. The normalized spacial score (nSPS) is 10.9. The molecule has 0 fully saturated rings.